The minimum absolute atomic E-state index is 0.556. The molecule has 0 bridgehead atoms. The first-order valence-electron chi connectivity index (χ1n) is 4.47. The number of rotatable bonds is 3. The van der Waals surface area contributed by atoms with Crippen LogP contribution >= 0.6 is 43.2 Å². The second-order valence-corrected chi connectivity index (χ2v) is 10.5. The third-order valence-electron chi connectivity index (χ3n) is 2.72. The van der Waals surface area contributed by atoms with E-state index in [1.165, 1.54) is 17.6 Å². The van der Waals surface area contributed by atoms with Crippen molar-refractivity contribution in [2.75, 3.05) is 6.26 Å². The number of hydrogen-bond donors (Lipinski definition) is 1. The summed E-state index contributed by atoms with van der Waals surface area (Å²) in [5.74, 6) is 0. The van der Waals surface area contributed by atoms with Crippen LogP contribution in [0.25, 0.3) is 0 Å². The molecule has 1 unspecified atom stereocenters. The van der Waals surface area contributed by atoms with E-state index in [1.54, 1.807) is 13.8 Å². The molecular formula is C9H13Br2NO2S2. The van der Waals surface area contributed by atoms with E-state index in [9.17, 15) is 8.42 Å². The van der Waals surface area contributed by atoms with E-state index in [1.807, 2.05) is 6.07 Å². The summed E-state index contributed by atoms with van der Waals surface area (Å²) in [6.45, 7) is 3.29. The zero-order valence-corrected chi connectivity index (χ0v) is 13.9. The first-order chi connectivity index (χ1) is 7.07. The lowest BCUT2D eigenvalue weighted by Crippen LogP contribution is -2.42. The van der Waals surface area contributed by atoms with Crippen LogP contribution in [0.4, 0.5) is 0 Å². The van der Waals surface area contributed by atoms with Crippen molar-refractivity contribution in [3.8, 4) is 0 Å². The molecule has 0 spiro atoms. The molecule has 1 rings (SSSR count). The minimum atomic E-state index is -3.21. The SMILES string of the molecule is CC(C)(C(N)c1cc(Br)sc1Br)S(C)(=O)=O. The Kier molecular flexibility index (Phi) is 4.28. The van der Waals surface area contributed by atoms with Gasteiger partial charge in [0.2, 0.25) is 0 Å². The van der Waals surface area contributed by atoms with Gasteiger partial charge in [-0.1, -0.05) is 0 Å². The Morgan fingerprint density at radius 1 is 1.44 bits per heavy atom. The highest BCUT2D eigenvalue weighted by Gasteiger charge is 2.39. The summed E-state index contributed by atoms with van der Waals surface area (Å²) in [5.41, 5.74) is 6.86. The third-order valence-corrected chi connectivity index (χ3v) is 7.27. The molecule has 0 amide bonds. The zero-order valence-electron chi connectivity index (χ0n) is 9.12. The van der Waals surface area contributed by atoms with Crippen LogP contribution in [0.3, 0.4) is 0 Å². The van der Waals surface area contributed by atoms with E-state index < -0.39 is 20.6 Å². The Hall–Kier alpha value is 0.570. The molecule has 1 heterocycles. The van der Waals surface area contributed by atoms with E-state index in [2.05, 4.69) is 31.9 Å². The maximum Gasteiger partial charge on any atom is 0.154 e. The van der Waals surface area contributed by atoms with Crippen molar-refractivity contribution in [3.05, 3.63) is 19.2 Å². The fourth-order valence-corrected chi connectivity index (χ4v) is 4.69. The average molecular weight is 391 g/mol. The summed E-state index contributed by atoms with van der Waals surface area (Å²) in [7, 11) is -3.21. The number of sulfone groups is 1. The molecule has 0 saturated heterocycles. The minimum Gasteiger partial charge on any atom is -0.323 e. The van der Waals surface area contributed by atoms with Crippen LogP contribution in [0.5, 0.6) is 0 Å². The molecule has 3 nitrogen and oxygen atoms in total. The molecular weight excluding hydrogens is 378 g/mol. The van der Waals surface area contributed by atoms with Gasteiger partial charge in [-0.25, -0.2) is 8.42 Å². The van der Waals surface area contributed by atoms with E-state index in [4.69, 9.17) is 5.73 Å². The molecule has 16 heavy (non-hydrogen) atoms. The molecule has 1 atom stereocenters. The molecule has 0 radical (unpaired) electrons. The Morgan fingerprint density at radius 3 is 2.25 bits per heavy atom. The molecule has 1 aromatic rings. The summed E-state index contributed by atoms with van der Waals surface area (Å²) in [6, 6.07) is 1.30. The van der Waals surface area contributed by atoms with Gasteiger partial charge < -0.3 is 5.73 Å². The summed E-state index contributed by atoms with van der Waals surface area (Å²) in [6.07, 6.45) is 1.21. The summed E-state index contributed by atoms with van der Waals surface area (Å²) >= 11 is 8.23. The quantitative estimate of drug-likeness (QED) is 0.862. The predicted molar refractivity (Wildman–Crippen MR) is 75.6 cm³/mol. The Balaban J connectivity index is 3.22. The van der Waals surface area contributed by atoms with Gasteiger partial charge in [-0.2, -0.15) is 0 Å². The molecule has 0 aromatic carbocycles. The van der Waals surface area contributed by atoms with Crippen LogP contribution < -0.4 is 5.73 Å². The van der Waals surface area contributed by atoms with Crippen LogP contribution in [0.2, 0.25) is 0 Å². The molecule has 0 aliphatic rings. The fourth-order valence-electron chi connectivity index (χ4n) is 1.17. The molecule has 0 aliphatic carbocycles. The maximum atomic E-state index is 11.7. The average Bonchev–Trinajstić information content (AvgIpc) is 2.41. The Morgan fingerprint density at radius 2 is 1.94 bits per heavy atom. The van der Waals surface area contributed by atoms with Crippen molar-refractivity contribution in [2.24, 2.45) is 5.73 Å². The van der Waals surface area contributed by atoms with Crippen molar-refractivity contribution >= 4 is 53.0 Å². The smallest absolute Gasteiger partial charge is 0.154 e. The fraction of sp³-hybridized carbons (Fsp3) is 0.556. The molecule has 2 N–H and O–H groups in total. The molecule has 1 aromatic heterocycles. The third kappa shape index (κ3) is 2.69. The van der Waals surface area contributed by atoms with Gasteiger partial charge in [0.15, 0.2) is 9.84 Å². The van der Waals surface area contributed by atoms with Crippen LogP contribution in [0.15, 0.2) is 13.6 Å². The van der Waals surface area contributed by atoms with E-state index in [0.717, 1.165) is 13.1 Å². The zero-order chi connectivity index (χ0) is 12.7. The molecule has 7 heteroatoms. The summed E-state index contributed by atoms with van der Waals surface area (Å²) < 4.78 is 24.2. The lowest BCUT2D eigenvalue weighted by atomic mass is 9.99. The van der Waals surface area contributed by atoms with Gasteiger partial charge in [0.1, 0.15) is 0 Å². The number of nitrogens with two attached hydrogens (primary N) is 1. The van der Waals surface area contributed by atoms with Crippen LogP contribution in [0, 0.1) is 0 Å². The second kappa shape index (κ2) is 4.68. The van der Waals surface area contributed by atoms with Crippen LogP contribution in [-0.2, 0) is 9.84 Å². The molecule has 0 aliphatic heterocycles. The largest absolute Gasteiger partial charge is 0.323 e. The van der Waals surface area contributed by atoms with Crippen molar-refractivity contribution in [2.45, 2.75) is 24.6 Å². The maximum absolute atomic E-state index is 11.7. The highest BCUT2D eigenvalue weighted by atomic mass is 79.9. The van der Waals surface area contributed by atoms with Crippen LogP contribution in [0.1, 0.15) is 25.5 Å². The van der Waals surface area contributed by atoms with E-state index in [0.29, 0.717) is 0 Å². The Bertz CT molecular complexity index is 494. The number of hydrogen-bond acceptors (Lipinski definition) is 4. The van der Waals surface area contributed by atoms with Gasteiger partial charge in [0.25, 0.3) is 0 Å². The van der Waals surface area contributed by atoms with Gasteiger partial charge >= 0.3 is 0 Å². The van der Waals surface area contributed by atoms with Crippen molar-refractivity contribution in [3.63, 3.8) is 0 Å². The first kappa shape index (κ1) is 14.6. The van der Waals surface area contributed by atoms with Crippen molar-refractivity contribution in [1.29, 1.82) is 0 Å². The second-order valence-electron chi connectivity index (χ2n) is 4.13. The topological polar surface area (TPSA) is 60.2 Å². The lowest BCUT2D eigenvalue weighted by Gasteiger charge is -2.29. The summed E-state index contributed by atoms with van der Waals surface area (Å²) in [4.78, 5) is 0. The van der Waals surface area contributed by atoms with Crippen molar-refractivity contribution in [1.82, 2.24) is 0 Å². The van der Waals surface area contributed by atoms with Crippen molar-refractivity contribution < 1.29 is 8.42 Å². The number of thiophene rings is 1. The highest BCUT2D eigenvalue weighted by Crippen LogP contribution is 2.40. The monoisotopic (exact) mass is 389 g/mol. The van der Waals surface area contributed by atoms with Gasteiger partial charge in [-0.3, -0.25) is 0 Å². The molecule has 92 valence electrons. The predicted octanol–water partition coefficient (Wildman–Crippen LogP) is 3.10. The van der Waals surface area contributed by atoms with Gasteiger partial charge in [-0.15, -0.1) is 11.3 Å². The summed E-state index contributed by atoms with van der Waals surface area (Å²) in [5, 5.41) is 0. The van der Waals surface area contributed by atoms with E-state index >= 15 is 0 Å². The normalized spacial score (nSPS) is 15.1. The van der Waals surface area contributed by atoms with Gasteiger partial charge in [-0.05, 0) is 57.3 Å². The van der Waals surface area contributed by atoms with Gasteiger partial charge in [0.05, 0.1) is 18.4 Å². The van der Waals surface area contributed by atoms with Crippen LogP contribution in [-0.4, -0.2) is 19.4 Å². The molecule has 0 saturated carbocycles. The highest BCUT2D eigenvalue weighted by molar-refractivity contribution is 9.12. The number of halogens is 2. The first-order valence-corrected chi connectivity index (χ1v) is 8.76. The lowest BCUT2D eigenvalue weighted by molar-refractivity contribution is 0.496. The molecule has 0 fully saturated rings. The van der Waals surface area contributed by atoms with Gasteiger partial charge in [0, 0.05) is 6.26 Å². The van der Waals surface area contributed by atoms with E-state index in [-0.39, 0.29) is 0 Å². The Labute approximate surface area is 117 Å². The standard InChI is InChI=1S/C9H13Br2NO2S2/c1-9(2,16(3,13)14)7(12)5-4-6(10)15-8(5)11/h4,7H,12H2,1-3H3.